The van der Waals surface area contributed by atoms with Gasteiger partial charge in [0.25, 0.3) is 0 Å². The molecule has 1 aliphatic carbocycles. The molecule has 2 N–H and O–H groups in total. The summed E-state index contributed by atoms with van der Waals surface area (Å²) in [5, 5.41) is 6.68. The molecule has 0 bridgehead atoms. The maximum absolute atomic E-state index is 11.9. The van der Waals surface area contributed by atoms with Crippen molar-refractivity contribution in [2.75, 3.05) is 13.1 Å². The lowest BCUT2D eigenvalue weighted by Gasteiger charge is -2.37. The molecule has 4 nitrogen and oxygen atoms in total. The Hall–Kier alpha value is -0.770. The molecule has 0 heterocycles. The van der Waals surface area contributed by atoms with Gasteiger partial charge in [-0.05, 0) is 58.9 Å². The van der Waals surface area contributed by atoms with E-state index in [1.54, 1.807) is 0 Å². The van der Waals surface area contributed by atoms with Crippen LogP contribution in [0.15, 0.2) is 0 Å². The molecule has 4 heteroatoms. The number of amides is 1. The minimum Gasteiger partial charge on any atom is -0.444 e. The van der Waals surface area contributed by atoms with E-state index in [0.29, 0.717) is 12.5 Å². The van der Waals surface area contributed by atoms with Gasteiger partial charge in [0, 0.05) is 12.1 Å². The summed E-state index contributed by atoms with van der Waals surface area (Å²) < 4.78 is 5.35. The normalized spacial score (nSPS) is 20.0. The highest BCUT2D eigenvalue weighted by Crippen LogP contribution is 2.24. The lowest BCUT2D eigenvalue weighted by molar-refractivity contribution is 0.0502. The smallest absolute Gasteiger partial charge is 0.407 e. The lowest BCUT2D eigenvalue weighted by Crippen LogP contribution is -2.56. The van der Waals surface area contributed by atoms with E-state index in [1.807, 2.05) is 20.8 Å². The Morgan fingerprint density at radius 3 is 2.13 bits per heavy atom. The third-order valence-corrected chi connectivity index (χ3v) is 5.04. The van der Waals surface area contributed by atoms with Gasteiger partial charge >= 0.3 is 6.09 Å². The second-order valence-corrected chi connectivity index (χ2v) is 8.67. The number of hydrogen-bond donors (Lipinski definition) is 2. The molecule has 0 saturated heterocycles. The molecule has 1 aliphatic rings. The van der Waals surface area contributed by atoms with E-state index < -0.39 is 5.60 Å². The van der Waals surface area contributed by atoms with E-state index in [9.17, 15) is 4.79 Å². The standard InChI is InChI=1S/C19H38N2O2/c1-15(2)19(6,14-20-17(22)23-18(3,4)5)21-13-16-11-9-7-8-10-12-16/h15-16,21H,7-14H2,1-6H3,(H,20,22). The van der Waals surface area contributed by atoms with Crippen LogP contribution in [0.2, 0.25) is 0 Å². The second-order valence-electron chi connectivity index (χ2n) is 8.67. The first-order valence-electron chi connectivity index (χ1n) is 9.34. The van der Waals surface area contributed by atoms with Gasteiger partial charge in [0.05, 0.1) is 0 Å². The van der Waals surface area contributed by atoms with Crippen molar-refractivity contribution >= 4 is 6.09 Å². The van der Waals surface area contributed by atoms with Crippen LogP contribution in [0.25, 0.3) is 0 Å². The number of nitrogens with one attached hydrogen (secondary N) is 2. The van der Waals surface area contributed by atoms with E-state index >= 15 is 0 Å². The molecule has 23 heavy (non-hydrogen) atoms. The largest absolute Gasteiger partial charge is 0.444 e. The first kappa shape index (κ1) is 20.3. The minimum atomic E-state index is -0.452. The fourth-order valence-electron chi connectivity index (χ4n) is 2.99. The van der Waals surface area contributed by atoms with Crippen molar-refractivity contribution in [2.45, 2.75) is 91.2 Å². The molecule has 1 atom stereocenters. The van der Waals surface area contributed by atoms with Gasteiger partial charge in [-0.3, -0.25) is 0 Å². The van der Waals surface area contributed by atoms with Gasteiger partial charge < -0.3 is 15.4 Å². The number of carbonyl (C=O) groups excluding carboxylic acids is 1. The average molecular weight is 327 g/mol. The maximum Gasteiger partial charge on any atom is 0.407 e. The number of carbonyl (C=O) groups is 1. The molecule has 1 saturated carbocycles. The van der Waals surface area contributed by atoms with Gasteiger partial charge in [-0.25, -0.2) is 4.79 Å². The topological polar surface area (TPSA) is 50.4 Å². The molecule has 0 radical (unpaired) electrons. The SMILES string of the molecule is CC(C)C(C)(CNC(=O)OC(C)(C)C)NCC1CCCCCC1. The van der Waals surface area contributed by atoms with Crippen LogP contribution in [0.4, 0.5) is 4.79 Å². The zero-order valence-electron chi connectivity index (χ0n) is 16.1. The Balaban J connectivity index is 2.48. The van der Waals surface area contributed by atoms with Crippen molar-refractivity contribution in [1.29, 1.82) is 0 Å². The zero-order chi connectivity index (χ0) is 17.5. The molecule has 0 aromatic carbocycles. The predicted molar refractivity (Wildman–Crippen MR) is 96.7 cm³/mol. The first-order valence-corrected chi connectivity index (χ1v) is 9.34. The van der Waals surface area contributed by atoms with Crippen molar-refractivity contribution in [2.24, 2.45) is 11.8 Å². The van der Waals surface area contributed by atoms with E-state index in [1.165, 1.54) is 38.5 Å². The van der Waals surface area contributed by atoms with Crippen LogP contribution in [-0.2, 0) is 4.74 Å². The molecular weight excluding hydrogens is 288 g/mol. The Morgan fingerprint density at radius 2 is 1.65 bits per heavy atom. The average Bonchev–Trinajstić information content (AvgIpc) is 2.69. The van der Waals surface area contributed by atoms with Gasteiger partial charge in [0.2, 0.25) is 0 Å². The van der Waals surface area contributed by atoms with Gasteiger partial charge in [-0.15, -0.1) is 0 Å². The lowest BCUT2D eigenvalue weighted by atomic mass is 9.87. The molecule has 0 spiro atoms. The third kappa shape index (κ3) is 8.05. The Bertz CT molecular complexity index is 355. The van der Waals surface area contributed by atoms with Crippen LogP contribution in [0, 0.1) is 11.8 Å². The number of alkyl carbamates (subject to hydrolysis) is 1. The highest BCUT2D eigenvalue weighted by molar-refractivity contribution is 5.67. The molecule has 0 aromatic rings. The monoisotopic (exact) mass is 326 g/mol. The summed E-state index contributed by atoms with van der Waals surface area (Å²) in [4.78, 5) is 11.9. The van der Waals surface area contributed by atoms with Crippen molar-refractivity contribution < 1.29 is 9.53 Å². The highest BCUT2D eigenvalue weighted by atomic mass is 16.6. The predicted octanol–water partition coefficient (Wildman–Crippen LogP) is 4.49. The minimum absolute atomic E-state index is 0.108. The van der Waals surface area contributed by atoms with Crippen LogP contribution < -0.4 is 10.6 Å². The summed E-state index contributed by atoms with van der Waals surface area (Å²) in [6.45, 7) is 13.9. The van der Waals surface area contributed by atoms with Crippen molar-refractivity contribution in [1.82, 2.24) is 10.6 Å². The Kier molecular flexibility index (Phi) is 7.85. The molecule has 136 valence electrons. The van der Waals surface area contributed by atoms with Crippen molar-refractivity contribution in [3.63, 3.8) is 0 Å². The van der Waals surface area contributed by atoms with Gasteiger partial charge in [-0.2, -0.15) is 0 Å². The summed E-state index contributed by atoms with van der Waals surface area (Å²) >= 11 is 0. The fourth-order valence-corrected chi connectivity index (χ4v) is 2.99. The van der Waals surface area contributed by atoms with Crippen LogP contribution in [-0.4, -0.2) is 30.3 Å². The van der Waals surface area contributed by atoms with Crippen LogP contribution >= 0.6 is 0 Å². The van der Waals surface area contributed by atoms with E-state index in [-0.39, 0.29) is 11.6 Å². The molecule has 1 fully saturated rings. The second kappa shape index (κ2) is 8.91. The quantitative estimate of drug-likeness (QED) is 0.707. The summed E-state index contributed by atoms with van der Waals surface area (Å²) in [6, 6.07) is 0. The molecule has 1 unspecified atom stereocenters. The Morgan fingerprint density at radius 1 is 1.09 bits per heavy atom. The first-order chi connectivity index (χ1) is 10.6. The van der Waals surface area contributed by atoms with Crippen LogP contribution in [0.3, 0.4) is 0 Å². The van der Waals surface area contributed by atoms with Gasteiger partial charge in [0.1, 0.15) is 5.60 Å². The summed E-state index contributed by atoms with van der Waals surface area (Å²) in [5.41, 5.74) is -0.560. The fraction of sp³-hybridized carbons (Fsp3) is 0.947. The van der Waals surface area contributed by atoms with Crippen LogP contribution in [0.1, 0.15) is 80.1 Å². The maximum atomic E-state index is 11.9. The van der Waals surface area contributed by atoms with Crippen molar-refractivity contribution in [3.05, 3.63) is 0 Å². The molecule has 0 aliphatic heterocycles. The van der Waals surface area contributed by atoms with Crippen LogP contribution in [0.5, 0.6) is 0 Å². The van der Waals surface area contributed by atoms with E-state index in [0.717, 1.165) is 12.5 Å². The summed E-state index contributed by atoms with van der Waals surface area (Å²) in [7, 11) is 0. The molecule has 1 rings (SSSR count). The number of ether oxygens (including phenoxy) is 1. The van der Waals surface area contributed by atoms with E-state index in [2.05, 4.69) is 31.4 Å². The van der Waals surface area contributed by atoms with Gasteiger partial charge in [-0.1, -0.05) is 39.5 Å². The molecular formula is C19H38N2O2. The summed E-state index contributed by atoms with van der Waals surface area (Å²) in [5.74, 6) is 1.21. The molecule has 0 aromatic heterocycles. The Labute approximate surface area is 143 Å². The van der Waals surface area contributed by atoms with Gasteiger partial charge in [0.15, 0.2) is 0 Å². The third-order valence-electron chi connectivity index (χ3n) is 5.04. The molecule has 1 amide bonds. The number of rotatable bonds is 6. The van der Waals surface area contributed by atoms with Crippen molar-refractivity contribution in [3.8, 4) is 0 Å². The van der Waals surface area contributed by atoms with E-state index in [4.69, 9.17) is 4.74 Å². The highest BCUT2D eigenvalue weighted by Gasteiger charge is 2.30. The number of hydrogen-bond acceptors (Lipinski definition) is 3. The summed E-state index contributed by atoms with van der Waals surface area (Å²) in [6.07, 6.45) is 7.83. The zero-order valence-corrected chi connectivity index (χ0v) is 16.1.